The fraction of sp³-hybridized carbons (Fsp3) is 0.696. The summed E-state index contributed by atoms with van der Waals surface area (Å²) in [6.45, 7) is 8.12. The van der Waals surface area contributed by atoms with Crippen LogP contribution in [-0.4, -0.2) is 75.7 Å². The van der Waals surface area contributed by atoms with Gasteiger partial charge in [0.25, 0.3) is 0 Å². The Hall–Kier alpha value is -0.970. The maximum Gasteiger partial charge on any atom is 0.194 e. The van der Waals surface area contributed by atoms with Gasteiger partial charge in [0, 0.05) is 44.9 Å². The number of halogens is 2. The van der Waals surface area contributed by atoms with Crippen LogP contribution in [0.2, 0.25) is 0 Å². The lowest BCUT2D eigenvalue weighted by Gasteiger charge is -2.39. The van der Waals surface area contributed by atoms with Crippen molar-refractivity contribution in [3.05, 3.63) is 35.6 Å². The molecule has 1 N–H and O–H groups in total. The molecule has 6 nitrogen and oxygen atoms in total. The zero-order chi connectivity index (χ0) is 20.8. The van der Waals surface area contributed by atoms with Crippen molar-refractivity contribution in [1.82, 2.24) is 10.2 Å². The molecule has 0 aromatic heterocycles. The quantitative estimate of drug-likeness (QED) is 0.349. The Kier molecular flexibility index (Phi) is 9.36. The topological polar surface area (TPSA) is 55.3 Å². The summed E-state index contributed by atoms with van der Waals surface area (Å²) in [5.74, 6) is 0.725. The summed E-state index contributed by atoms with van der Waals surface area (Å²) in [4.78, 5) is 7.38. The highest BCUT2D eigenvalue weighted by Crippen LogP contribution is 2.35. The van der Waals surface area contributed by atoms with Gasteiger partial charge in [-0.25, -0.2) is 4.39 Å². The molecule has 0 aliphatic carbocycles. The molecule has 3 heterocycles. The molecule has 3 aliphatic rings. The molecule has 0 radical (unpaired) electrons. The van der Waals surface area contributed by atoms with Crippen molar-refractivity contribution in [1.29, 1.82) is 0 Å². The normalized spacial score (nSPS) is 26.4. The Morgan fingerprint density at radius 1 is 1.13 bits per heavy atom. The van der Waals surface area contributed by atoms with Crippen LogP contribution >= 0.6 is 24.0 Å². The number of ether oxygens (including phenoxy) is 3. The Balaban J connectivity index is 0.00000272. The van der Waals surface area contributed by atoms with E-state index in [4.69, 9.17) is 19.2 Å². The molecule has 1 aromatic carbocycles. The highest BCUT2D eigenvalue weighted by Gasteiger charge is 2.36. The molecule has 3 fully saturated rings. The van der Waals surface area contributed by atoms with E-state index in [2.05, 4.69) is 17.1 Å². The molecule has 2 unspecified atom stereocenters. The fourth-order valence-corrected chi connectivity index (χ4v) is 4.74. The smallest absolute Gasteiger partial charge is 0.194 e. The van der Waals surface area contributed by atoms with Crippen molar-refractivity contribution in [2.24, 2.45) is 4.99 Å². The molecular weight excluding hydrogens is 512 g/mol. The third-order valence-corrected chi connectivity index (χ3v) is 6.55. The van der Waals surface area contributed by atoms with Crippen molar-refractivity contribution < 1.29 is 18.6 Å². The molecule has 0 saturated carbocycles. The predicted octanol–water partition coefficient (Wildman–Crippen LogP) is 3.34. The van der Waals surface area contributed by atoms with E-state index in [-0.39, 0.29) is 47.4 Å². The number of morpholine rings is 1. The molecule has 4 rings (SSSR count). The summed E-state index contributed by atoms with van der Waals surface area (Å²) in [6.07, 6.45) is 4.25. The molecule has 8 heteroatoms. The average molecular weight is 547 g/mol. The Morgan fingerprint density at radius 2 is 1.87 bits per heavy atom. The highest BCUT2D eigenvalue weighted by molar-refractivity contribution is 14.0. The maximum absolute atomic E-state index is 13.5. The van der Waals surface area contributed by atoms with Crippen LogP contribution in [0.15, 0.2) is 29.3 Å². The van der Waals surface area contributed by atoms with Crippen molar-refractivity contribution in [2.75, 3.05) is 52.6 Å². The minimum absolute atomic E-state index is 0. The van der Waals surface area contributed by atoms with Crippen molar-refractivity contribution in [3.63, 3.8) is 0 Å². The van der Waals surface area contributed by atoms with Crippen molar-refractivity contribution >= 4 is 29.9 Å². The van der Waals surface area contributed by atoms with E-state index in [1.807, 2.05) is 12.1 Å². The highest BCUT2D eigenvalue weighted by atomic mass is 127. The van der Waals surface area contributed by atoms with Gasteiger partial charge >= 0.3 is 0 Å². The van der Waals surface area contributed by atoms with Crippen LogP contribution < -0.4 is 5.32 Å². The number of hydrogen-bond acceptors (Lipinski definition) is 4. The van der Waals surface area contributed by atoms with Gasteiger partial charge in [0.05, 0.1) is 19.3 Å². The first kappa shape index (κ1) is 24.7. The molecular formula is C23H35FIN3O3. The van der Waals surface area contributed by atoms with Crippen molar-refractivity contribution in [2.45, 2.75) is 50.2 Å². The first-order chi connectivity index (χ1) is 14.7. The molecule has 0 spiro atoms. The summed E-state index contributed by atoms with van der Waals surface area (Å²) < 4.78 is 31.0. The third-order valence-electron chi connectivity index (χ3n) is 6.55. The SMILES string of the molecule is CCNC(=NCC1(c2ccc(F)cc2)CCOCC1)N1CCOC(C2CCCO2)C1.I. The standard InChI is InChI=1S/C23H34FN3O3.HI/c1-2-25-22(27-11-15-30-21(16-27)20-4-3-12-29-20)26-17-23(9-13-28-14-10-23)18-5-7-19(24)8-6-18;/h5-8,20-21H,2-4,9-17H2,1H3,(H,25,26);1H. The van der Waals surface area contributed by atoms with Gasteiger partial charge in [-0.05, 0) is 50.3 Å². The monoisotopic (exact) mass is 547 g/mol. The van der Waals surface area contributed by atoms with Crippen LogP contribution in [0.25, 0.3) is 0 Å². The van der Waals surface area contributed by atoms with Gasteiger partial charge in [-0.1, -0.05) is 12.1 Å². The second kappa shape index (κ2) is 11.8. The summed E-state index contributed by atoms with van der Waals surface area (Å²) >= 11 is 0. The van der Waals surface area contributed by atoms with Gasteiger partial charge in [0.1, 0.15) is 11.9 Å². The first-order valence-electron chi connectivity index (χ1n) is 11.3. The zero-order valence-corrected chi connectivity index (χ0v) is 20.7. The third kappa shape index (κ3) is 6.09. The van der Waals surface area contributed by atoms with E-state index in [9.17, 15) is 4.39 Å². The van der Waals surface area contributed by atoms with E-state index < -0.39 is 0 Å². The summed E-state index contributed by atoms with van der Waals surface area (Å²) in [5, 5.41) is 3.47. The minimum Gasteiger partial charge on any atom is -0.381 e. The maximum atomic E-state index is 13.5. The summed E-state index contributed by atoms with van der Waals surface area (Å²) in [7, 11) is 0. The molecule has 31 heavy (non-hydrogen) atoms. The van der Waals surface area contributed by atoms with Crippen LogP contribution in [0.4, 0.5) is 4.39 Å². The van der Waals surface area contributed by atoms with Gasteiger partial charge in [-0.2, -0.15) is 0 Å². The van der Waals surface area contributed by atoms with E-state index in [0.717, 1.165) is 63.4 Å². The lowest BCUT2D eigenvalue weighted by molar-refractivity contribution is -0.0817. The second-order valence-corrected chi connectivity index (χ2v) is 8.48. The number of aliphatic imine (C=N–C) groups is 1. The zero-order valence-electron chi connectivity index (χ0n) is 18.4. The van der Waals surface area contributed by atoms with Gasteiger partial charge in [-0.15, -0.1) is 24.0 Å². The lowest BCUT2D eigenvalue weighted by Crippen LogP contribution is -2.53. The van der Waals surface area contributed by atoms with Crippen LogP contribution in [0.5, 0.6) is 0 Å². The summed E-state index contributed by atoms with van der Waals surface area (Å²) in [5.41, 5.74) is 1.03. The molecule has 3 aliphatic heterocycles. The minimum atomic E-state index is -0.203. The molecule has 3 saturated heterocycles. The van der Waals surface area contributed by atoms with Crippen LogP contribution in [0, 0.1) is 5.82 Å². The lowest BCUT2D eigenvalue weighted by atomic mass is 9.74. The van der Waals surface area contributed by atoms with Crippen molar-refractivity contribution in [3.8, 4) is 0 Å². The molecule has 2 atom stereocenters. The second-order valence-electron chi connectivity index (χ2n) is 8.48. The number of guanidine groups is 1. The Labute approximate surface area is 201 Å². The van der Waals surface area contributed by atoms with Gasteiger partial charge in [0.15, 0.2) is 5.96 Å². The van der Waals surface area contributed by atoms with Crippen LogP contribution in [0.1, 0.15) is 38.2 Å². The number of nitrogens with zero attached hydrogens (tertiary/aromatic N) is 2. The van der Waals surface area contributed by atoms with Crippen LogP contribution in [-0.2, 0) is 19.6 Å². The fourth-order valence-electron chi connectivity index (χ4n) is 4.74. The van der Waals surface area contributed by atoms with E-state index in [0.29, 0.717) is 26.4 Å². The largest absolute Gasteiger partial charge is 0.381 e. The van der Waals surface area contributed by atoms with E-state index >= 15 is 0 Å². The number of benzene rings is 1. The van der Waals surface area contributed by atoms with Crippen LogP contribution in [0.3, 0.4) is 0 Å². The average Bonchev–Trinajstić information content (AvgIpc) is 3.33. The van der Waals surface area contributed by atoms with E-state index in [1.165, 1.54) is 0 Å². The van der Waals surface area contributed by atoms with Gasteiger partial charge < -0.3 is 24.4 Å². The predicted molar refractivity (Wildman–Crippen MR) is 130 cm³/mol. The Morgan fingerprint density at radius 3 is 2.55 bits per heavy atom. The van der Waals surface area contributed by atoms with E-state index in [1.54, 1.807) is 12.1 Å². The first-order valence-corrected chi connectivity index (χ1v) is 11.3. The van der Waals surface area contributed by atoms with Gasteiger partial charge in [0.2, 0.25) is 0 Å². The Bertz CT molecular complexity index is 707. The van der Waals surface area contributed by atoms with Gasteiger partial charge in [-0.3, -0.25) is 4.99 Å². The summed E-state index contributed by atoms with van der Waals surface area (Å²) in [6, 6.07) is 6.92. The molecule has 174 valence electrons. The number of hydrogen-bond donors (Lipinski definition) is 1. The number of nitrogens with one attached hydrogen (secondary N) is 1. The molecule has 1 aromatic rings. The molecule has 0 bridgehead atoms. The molecule has 0 amide bonds. The number of rotatable bonds is 5.